The molecule has 6 nitrogen and oxygen atoms in total. The lowest BCUT2D eigenvalue weighted by Gasteiger charge is -2.26. The summed E-state index contributed by atoms with van der Waals surface area (Å²) in [4.78, 5) is 21.7. The molecule has 1 saturated heterocycles. The number of benzene rings is 1. The second kappa shape index (κ2) is 6.52. The Morgan fingerprint density at radius 1 is 1.35 bits per heavy atom. The lowest BCUT2D eigenvalue weighted by Crippen LogP contribution is -2.25. The van der Waals surface area contributed by atoms with Crippen LogP contribution >= 0.6 is 11.6 Å². The number of rotatable bonds is 3. The number of aromatic nitrogens is 2. The Morgan fingerprint density at radius 3 is 2.78 bits per heavy atom. The molecule has 120 valence electrons. The fourth-order valence-corrected chi connectivity index (χ4v) is 3.05. The van der Waals surface area contributed by atoms with E-state index in [1.54, 1.807) is 0 Å². The van der Waals surface area contributed by atoms with E-state index in [2.05, 4.69) is 14.7 Å². The highest BCUT2D eigenvalue weighted by atomic mass is 35.5. The van der Waals surface area contributed by atoms with Gasteiger partial charge in [0.2, 0.25) is 0 Å². The predicted octanol–water partition coefficient (Wildman–Crippen LogP) is 2.23. The largest absolute Gasteiger partial charge is 0.464 e. The summed E-state index contributed by atoms with van der Waals surface area (Å²) in [6.45, 7) is 0.433. The second-order valence-electron chi connectivity index (χ2n) is 5.33. The van der Waals surface area contributed by atoms with Crippen molar-refractivity contribution in [2.24, 2.45) is 0 Å². The summed E-state index contributed by atoms with van der Waals surface area (Å²) in [6, 6.07) is 7.46. The van der Waals surface area contributed by atoms with E-state index in [0.717, 1.165) is 5.56 Å². The van der Waals surface area contributed by atoms with Crippen molar-refractivity contribution in [1.29, 1.82) is 0 Å². The average Bonchev–Trinajstić information content (AvgIpc) is 2.96. The number of carbonyl (C=O) groups excluding carboxylic acids is 1. The van der Waals surface area contributed by atoms with Gasteiger partial charge in [-0.3, -0.25) is 0 Å². The molecule has 3 rings (SSSR count). The SMILES string of the molecule is COC(=O)c1cnc(N2CC(O)CC2c2ccccc2Cl)cn1. The minimum atomic E-state index is -0.534. The van der Waals surface area contributed by atoms with Gasteiger partial charge in [0.25, 0.3) is 0 Å². The maximum absolute atomic E-state index is 11.4. The highest BCUT2D eigenvalue weighted by molar-refractivity contribution is 6.31. The summed E-state index contributed by atoms with van der Waals surface area (Å²) >= 11 is 6.28. The van der Waals surface area contributed by atoms with Gasteiger partial charge in [0.05, 0.1) is 31.6 Å². The summed E-state index contributed by atoms with van der Waals surface area (Å²) in [7, 11) is 1.29. The molecule has 1 aromatic heterocycles. The zero-order chi connectivity index (χ0) is 16.4. The van der Waals surface area contributed by atoms with Gasteiger partial charge in [-0.25, -0.2) is 14.8 Å². The number of esters is 1. The number of anilines is 1. The van der Waals surface area contributed by atoms with Crippen LogP contribution in [-0.4, -0.2) is 40.8 Å². The Balaban J connectivity index is 1.91. The molecule has 2 unspecified atom stereocenters. The van der Waals surface area contributed by atoms with Crippen LogP contribution in [0.1, 0.15) is 28.5 Å². The Hall–Kier alpha value is -2.18. The number of hydrogen-bond donors (Lipinski definition) is 1. The average molecular weight is 334 g/mol. The zero-order valence-electron chi connectivity index (χ0n) is 12.5. The van der Waals surface area contributed by atoms with Gasteiger partial charge in [-0.05, 0) is 18.1 Å². The number of aliphatic hydroxyl groups excluding tert-OH is 1. The molecule has 2 atom stereocenters. The lowest BCUT2D eigenvalue weighted by molar-refractivity contribution is 0.0593. The lowest BCUT2D eigenvalue weighted by atomic mass is 10.0. The minimum Gasteiger partial charge on any atom is -0.464 e. The number of nitrogens with zero attached hydrogens (tertiary/aromatic N) is 3. The van der Waals surface area contributed by atoms with Gasteiger partial charge < -0.3 is 14.7 Å². The van der Waals surface area contributed by atoms with Crippen LogP contribution in [0.2, 0.25) is 5.02 Å². The molecule has 1 fully saturated rings. The molecular weight excluding hydrogens is 318 g/mol. The Bertz CT molecular complexity index is 708. The summed E-state index contributed by atoms with van der Waals surface area (Å²) in [6.07, 6.45) is 2.96. The molecule has 0 spiro atoms. The van der Waals surface area contributed by atoms with Gasteiger partial charge in [0.1, 0.15) is 5.82 Å². The van der Waals surface area contributed by atoms with Crippen LogP contribution < -0.4 is 4.90 Å². The van der Waals surface area contributed by atoms with Crippen LogP contribution in [0.4, 0.5) is 5.82 Å². The molecule has 0 bridgehead atoms. The van der Waals surface area contributed by atoms with Crippen LogP contribution in [0.3, 0.4) is 0 Å². The van der Waals surface area contributed by atoms with E-state index in [1.165, 1.54) is 19.5 Å². The number of hydrogen-bond acceptors (Lipinski definition) is 6. The molecule has 1 aliphatic rings. The first-order valence-electron chi connectivity index (χ1n) is 7.19. The van der Waals surface area contributed by atoms with Gasteiger partial charge >= 0.3 is 5.97 Å². The normalized spacial score (nSPS) is 20.6. The molecule has 2 aromatic rings. The van der Waals surface area contributed by atoms with Crippen molar-refractivity contribution in [3.05, 3.63) is 52.9 Å². The topological polar surface area (TPSA) is 75.5 Å². The van der Waals surface area contributed by atoms with E-state index in [9.17, 15) is 9.90 Å². The van der Waals surface area contributed by atoms with Gasteiger partial charge in [0.15, 0.2) is 5.69 Å². The number of aliphatic hydroxyl groups is 1. The van der Waals surface area contributed by atoms with Crippen molar-refractivity contribution in [2.45, 2.75) is 18.6 Å². The fourth-order valence-electron chi connectivity index (χ4n) is 2.79. The van der Waals surface area contributed by atoms with Crippen molar-refractivity contribution < 1.29 is 14.6 Å². The summed E-state index contributed by atoms with van der Waals surface area (Å²) in [5, 5.41) is 10.7. The van der Waals surface area contributed by atoms with E-state index in [1.807, 2.05) is 29.2 Å². The molecule has 0 amide bonds. The van der Waals surface area contributed by atoms with E-state index >= 15 is 0 Å². The zero-order valence-corrected chi connectivity index (χ0v) is 13.3. The Kier molecular flexibility index (Phi) is 4.45. The van der Waals surface area contributed by atoms with Crippen LogP contribution in [0.5, 0.6) is 0 Å². The molecule has 0 aliphatic carbocycles. The number of carbonyl (C=O) groups is 1. The van der Waals surface area contributed by atoms with Crippen LogP contribution in [0, 0.1) is 0 Å². The minimum absolute atomic E-state index is 0.0861. The summed E-state index contributed by atoms with van der Waals surface area (Å²) in [5.41, 5.74) is 1.08. The van der Waals surface area contributed by atoms with Gasteiger partial charge in [-0.2, -0.15) is 0 Å². The highest BCUT2D eigenvalue weighted by Gasteiger charge is 2.34. The molecule has 0 radical (unpaired) electrons. The first kappa shape index (κ1) is 15.7. The predicted molar refractivity (Wildman–Crippen MR) is 85.5 cm³/mol. The van der Waals surface area contributed by atoms with Crippen molar-refractivity contribution >= 4 is 23.4 Å². The van der Waals surface area contributed by atoms with Crippen molar-refractivity contribution in [3.63, 3.8) is 0 Å². The fraction of sp³-hybridized carbons (Fsp3) is 0.312. The van der Waals surface area contributed by atoms with E-state index in [-0.39, 0.29) is 11.7 Å². The number of methoxy groups -OCH3 is 1. The third-order valence-corrected chi connectivity index (χ3v) is 4.21. The standard InChI is InChI=1S/C16H16ClN3O3/c1-23-16(22)13-7-19-15(8-18-13)20-9-10(21)6-14(20)11-4-2-3-5-12(11)17/h2-5,7-8,10,14,21H,6,9H2,1H3. The van der Waals surface area contributed by atoms with E-state index < -0.39 is 12.1 Å². The monoisotopic (exact) mass is 333 g/mol. The molecule has 0 saturated carbocycles. The number of halogens is 1. The third-order valence-electron chi connectivity index (χ3n) is 3.87. The van der Waals surface area contributed by atoms with Crippen molar-refractivity contribution in [1.82, 2.24) is 9.97 Å². The van der Waals surface area contributed by atoms with Gasteiger partial charge in [0, 0.05) is 11.6 Å². The number of β-amino-alcohol motifs (C(OH)–C–C–N with tert-alkyl or cyclic N) is 1. The molecule has 1 N–H and O–H groups in total. The summed E-state index contributed by atoms with van der Waals surface area (Å²) < 4.78 is 4.61. The second-order valence-corrected chi connectivity index (χ2v) is 5.74. The first-order chi connectivity index (χ1) is 11.1. The van der Waals surface area contributed by atoms with Crippen LogP contribution in [0.25, 0.3) is 0 Å². The summed E-state index contributed by atoms with van der Waals surface area (Å²) in [5.74, 6) is 0.0484. The molecule has 23 heavy (non-hydrogen) atoms. The van der Waals surface area contributed by atoms with Crippen molar-refractivity contribution in [2.75, 3.05) is 18.6 Å². The smallest absolute Gasteiger partial charge is 0.358 e. The molecular formula is C16H16ClN3O3. The molecule has 2 heterocycles. The van der Waals surface area contributed by atoms with E-state index in [0.29, 0.717) is 23.8 Å². The van der Waals surface area contributed by atoms with Gasteiger partial charge in [-0.15, -0.1) is 0 Å². The highest BCUT2D eigenvalue weighted by Crippen LogP contribution is 2.38. The molecule has 1 aliphatic heterocycles. The Labute approximate surface area is 138 Å². The molecule has 7 heteroatoms. The Morgan fingerprint density at radius 2 is 2.13 bits per heavy atom. The van der Waals surface area contributed by atoms with Crippen LogP contribution in [-0.2, 0) is 4.74 Å². The first-order valence-corrected chi connectivity index (χ1v) is 7.57. The number of ether oxygens (including phenoxy) is 1. The molecule has 1 aromatic carbocycles. The van der Waals surface area contributed by atoms with Crippen LogP contribution in [0.15, 0.2) is 36.7 Å². The maximum Gasteiger partial charge on any atom is 0.358 e. The maximum atomic E-state index is 11.4. The van der Waals surface area contributed by atoms with E-state index in [4.69, 9.17) is 11.6 Å². The third kappa shape index (κ3) is 3.13. The van der Waals surface area contributed by atoms with Gasteiger partial charge in [-0.1, -0.05) is 29.8 Å². The van der Waals surface area contributed by atoms with Crippen molar-refractivity contribution in [3.8, 4) is 0 Å². The quantitative estimate of drug-likeness (QED) is 0.868.